The van der Waals surface area contributed by atoms with Crippen LogP contribution in [0.5, 0.6) is 0 Å². The largest absolute Gasteiger partial charge is 0.352 e. The molecule has 0 radical (unpaired) electrons. The summed E-state index contributed by atoms with van der Waals surface area (Å²) in [5.74, 6) is 0.465. The molecule has 3 rings (SSSR count). The molecule has 2 fully saturated rings. The van der Waals surface area contributed by atoms with E-state index >= 15 is 0 Å². The molecule has 26 heavy (non-hydrogen) atoms. The first-order valence-electron chi connectivity index (χ1n) is 9.62. The lowest BCUT2D eigenvalue weighted by atomic mass is 9.87. The van der Waals surface area contributed by atoms with Crippen molar-refractivity contribution in [2.24, 2.45) is 17.8 Å². The molecule has 1 aromatic carbocycles. The highest BCUT2D eigenvalue weighted by molar-refractivity contribution is 7.92. The van der Waals surface area contributed by atoms with Gasteiger partial charge in [0.25, 0.3) is 0 Å². The van der Waals surface area contributed by atoms with E-state index in [0.717, 1.165) is 25.1 Å². The van der Waals surface area contributed by atoms with Gasteiger partial charge in [-0.05, 0) is 30.9 Å². The van der Waals surface area contributed by atoms with Crippen LogP contribution in [0.15, 0.2) is 30.3 Å². The molecule has 2 aliphatic rings. The molecule has 0 saturated carbocycles. The minimum atomic E-state index is -3.09. The zero-order valence-corrected chi connectivity index (χ0v) is 16.5. The van der Waals surface area contributed by atoms with Gasteiger partial charge in [0, 0.05) is 31.5 Å². The zero-order chi connectivity index (χ0) is 18.7. The highest BCUT2D eigenvalue weighted by Crippen LogP contribution is 2.37. The van der Waals surface area contributed by atoms with Gasteiger partial charge >= 0.3 is 0 Å². The number of amides is 1. The number of carbonyl (C=O) groups excluding carboxylic acids is 1. The topological polar surface area (TPSA) is 66.5 Å². The van der Waals surface area contributed by atoms with Gasteiger partial charge < -0.3 is 10.2 Å². The van der Waals surface area contributed by atoms with Gasteiger partial charge in [-0.15, -0.1) is 0 Å². The molecule has 0 aliphatic carbocycles. The van der Waals surface area contributed by atoms with Gasteiger partial charge in [-0.1, -0.05) is 44.2 Å². The molecule has 2 aliphatic heterocycles. The van der Waals surface area contributed by atoms with Gasteiger partial charge in [0.15, 0.2) is 9.84 Å². The van der Waals surface area contributed by atoms with Gasteiger partial charge in [-0.3, -0.25) is 4.79 Å². The van der Waals surface area contributed by atoms with Crippen LogP contribution in [0.1, 0.15) is 32.3 Å². The molecule has 0 unspecified atom stereocenters. The van der Waals surface area contributed by atoms with E-state index in [9.17, 15) is 13.2 Å². The molecule has 6 heteroatoms. The fourth-order valence-electron chi connectivity index (χ4n) is 4.17. The highest BCUT2D eigenvalue weighted by atomic mass is 32.2. The van der Waals surface area contributed by atoms with Crippen molar-refractivity contribution < 1.29 is 13.2 Å². The van der Waals surface area contributed by atoms with Gasteiger partial charge in [0.1, 0.15) is 0 Å². The molecule has 144 valence electrons. The molecule has 5 nitrogen and oxygen atoms in total. The van der Waals surface area contributed by atoms with Gasteiger partial charge in [-0.2, -0.15) is 0 Å². The minimum absolute atomic E-state index is 0.00413. The maximum absolute atomic E-state index is 12.8. The monoisotopic (exact) mass is 378 g/mol. The third kappa shape index (κ3) is 4.46. The van der Waals surface area contributed by atoms with E-state index in [-0.39, 0.29) is 28.7 Å². The van der Waals surface area contributed by atoms with Crippen molar-refractivity contribution in [2.45, 2.75) is 38.5 Å². The predicted octanol–water partition coefficient (Wildman–Crippen LogP) is 2.08. The number of likely N-dealkylation sites (tertiary alicyclic amines) is 1. The van der Waals surface area contributed by atoms with E-state index < -0.39 is 9.84 Å². The number of hydrogen-bond donors (Lipinski definition) is 1. The molecule has 3 atom stereocenters. The first-order valence-corrected chi connectivity index (χ1v) is 11.3. The fourth-order valence-corrected chi connectivity index (χ4v) is 6.30. The van der Waals surface area contributed by atoms with Crippen molar-refractivity contribution in [3.63, 3.8) is 0 Å². The third-order valence-electron chi connectivity index (χ3n) is 5.75. The molecule has 0 spiro atoms. The molecule has 0 aromatic heterocycles. The standard InChI is InChI=1S/C20H30N2O3S/c1-15(2)8-10-22-13-18-17(9-11-26(24,25)19(18)14-22)20(23)21-12-16-6-4-3-5-7-16/h3-7,15,17-19H,8-14H2,1-2H3,(H,21,23)/t17-,18-,19-/m0/s1. The number of fused-ring (bicyclic) bond motifs is 1. The summed E-state index contributed by atoms with van der Waals surface area (Å²) in [7, 11) is -3.09. The van der Waals surface area contributed by atoms with Crippen molar-refractivity contribution in [3.8, 4) is 0 Å². The summed E-state index contributed by atoms with van der Waals surface area (Å²) in [6, 6.07) is 9.82. The molecule has 2 heterocycles. The number of rotatable bonds is 6. The number of carbonyl (C=O) groups is 1. The Bertz CT molecular complexity index is 718. The Morgan fingerprint density at radius 2 is 1.96 bits per heavy atom. The van der Waals surface area contributed by atoms with Crippen molar-refractivity contribution in [2.75, 3.05) is 25.4 Å². The zero-order valence-electron chi connectivity index (χ0n) is 15.7. The SMILES string of the molecule is CC(C)CCN1C[C@H]2[C@@H](C(=O)NCc3ccccc3)CCS(=O)(=O)[C@H]2C1. The molecule has 0 bridgehead atoms. The third-order valence-corrected chi connectivity index (χ3v) is 7.97. The maximum atomic E-state index is 12.8. The van der Waals surface area contributed by atoms with Crippen molar-refractivity contribution in [3.05, 3.63) is 35.9 Å². The Kier molecular flexibility index (Phi) is 6.03. The summed E-state index contributed by atoms with van der Waals surface area (Å²) >= 11 is 0. The highest BCUT2D eigenvalue weighted by Gasteiger charge is 2.50. The van der Waals surface area contributed by atoms with Crippen LogP contribution < -0.4 is 5.32 Å². The summed E-state index contributed by atoms with van der Waals surface area (Å²) in [6.07, 6.45) is 1.51. The Morgan fingerprint density at radius 1 is 1.23 bits per heavy atom. The van der Waals surface area contributed by atoms with Crippen LogP contribution in [0, 0.1) is 17.8 Å². The van der Waals surface area contributed by atoms with Crippen molar-refractivity contribution in [1.29, 1.82) is 0 Å². The van der Waals surface area contributed by atoms with E-state index in [1.165, 1.54) is 0 Å². The quantitative estimate of drug-likeness (QED) is 0.823. The van der Waals surface area contributed by atoms with Crippen LogP contribution >= 0.6 is 0 Å². The molecule has 1 aromatic rings. The van der Waals surface area contributed by atoms with Crippen molar-refractivity contribution in [1.82, 2.24) is 10.2 Å². The van der Waals surface area contributed by atoms with Crippen LogP contribution in [0.4, 0.5) is 0 Å². The lowest BCUT2D eigenvalue weighted by Crippen LogP contribution is -2.47. The Hall–Kier alpha value is -1.40. The fraction of sp³-hybridized carbons (Fsp3) is 0.650. The number of nitrogens with zero attached hydrogens (tertiary/aromatic N) is 1. The van der Waals surface area contributed by atoms with E-state index in [4.69, 9.17) is 0 Å². The first kappa shape index (κ1) is 19.4. The average molecular weight is 379 g/mol. The molecular weight excluding hydrogens is 348 g/mol. The minimum Gasteiger partial charge on any atom is -0.352 e. The summed E-state index contributed by atoms with van der Waals surface area (Å²) < 4.78 is 25.1. The van der Waals surface area contributed by atoms with E-state index in [1.807, 2.05) is 30.3 Å². The second-order valence-electron chi connectivity index (χ2n) is 8.11. The molecule has 1 N–H and O–H groups in total. The van der Waals surface area contributed by atoms with Crippen LogP contribution in [-0.4, -0.2) is 49.9 Å². The number of sulfone groups is 1. The lowest BCUT2D eigenvalue weighted by Gasteiger charge is -2.31. The Balaban J connectivity index is 1.65. The normalized spacial score (nSPS) is 28.0. The predicted molar refractivity (Wildman–Crippen MR) is 103 cm³/mol. The lowest BCUT2D eigenvalue weighted by molar-refractivity contribution is -0.126. The smallest absolute Gasteiger partial charge is 0.223 e. The maximum Gasteiger partial charge on any atom is 0.223 e. The van der Waals surface area contributed by atoms with E-state index in [0.29, 0.717) is 25.4 Å². The summed E-state index contributed by atoms with van der Waals surface area (Å²) in [4.78, 5) is 15.0. The summed E-state index contributed by atoms with van der Waals surface area (Å²) in [5, 5.41) is 2.64. The van der Waals surface area contributed by atoms with Crippen molar-refractivity contribution >= 4 is 15.7 Å². The molecule has 1 amide bonds. The average Bonchev–Trinajstić information content (AvgIpc) is 3.04. The molecular formula is C20H30N2O3S. The Labute approximate surface area is 157 Å². The van der Waals surface area contributed by atoms with Gasteiger partial charge in [0.05, 0.1) is 11.0 Å². The van der Waals surface area contributed by atoms with E-state index in [2.05, 4.69) is 24.1 Å². The number of hydrogen-bond acceptors (Lipinski definition) is 4. The van der Waals surface area contributed by atoms with Gasteiger partial charge in [0.2, 0.25) is 5.91 Å². The van der Waals surface area contributed by atoms with E-state index in [1.54, 1.807) is 0 Å². The molecule has 2 saturated heterocycles. The van der Waals surface area contributed by atoms with Crippen LogP contribution in [0.2, 0.25) is 0 Å². The Morgan fingerprint density at radius 3 is 2.65 bits per heavy atom. The summed E-state index contributed by atoms with van der Waals surface area (Å²) in [6.45, 7) is 7.08. The number of benzene rings is 1. The first-order chi connectivity index (χ1) is 12.4. The number of nitrogens with one attached hydrogen (secondary N) is 1. The van der Waals surface area contributed by atoms with Gasteiger partial charge in [-0.25, -0.2) is 8.42 Å². The van der Waals surface area contributed by atoms with Crippen LogP contribution in [-0.2, 0) is 21.2 Å². The van der Waals surface area contributed by atoms with Crippen LogP contribution in [0.25, 0.3) is 0 Å². The van der Waals surface area contributed by atoms with Crippen LogP contribution in [0.3, 0.4) is 0 Å². The second kappa shape index (κ2) is 8.09. The summed E-state index contributed by atoms with van der Waals surface area (Å²) in [5.41, 5.74) is 1.06. The second-order valence-corrected chi connectivity index (χ2v) is 10.4.